The van der Waals surface area contributed by atoms with Crippen molar-refractivity contribution in [3.8, 4) is 6.07 Å². The third-order valence-electron chi connectivity index (χ3n) is 1.87. The number of hydrogen-bond donors (Lipinski definition) is 0. The van der Waals surface area contributed by atoms with Crippen molar-refractivity contribution in [2.75, 3.05) is 6.61 Å². The molecular formula is C10H7F2IN2O2. The van der Waals surface area contributed by atoms with Gasteiger partial charge in [0.1, 0.15) is 11.6 Å². The molecule has 4 nitrogen and oxygen atoms in total. The molecule has 0 aromatic carbocycles. The van der Waals surface area contributed by atoms with E-state index in [-0.39, 0.29) is 15.9 Å². The van der Waals surface area contributed by atoms with Crippen molar-refractivity contribution in [3.05, 3.63) is 26.6 Å². The molecule has 0 radical (unpaired) electrons. The van der Waals surface area contributed by atoms with Crippen LogP contribution in [-0.2, 0) is 4.74 Å². The maximum Gasteiger partial charge on any atom is 0.341 e. The van der Waals surface area contributed by atoms with Gasteiger partial charge in [-0.25, -0.2) is 18.6 Å². The van der Waals surface area contributed by atoms with Crippen LogP contribution in [0.5, 0.6) is 0 Å². The van der Waals surface area contributed by atoms with Gasteiger partial charge in [-0.2, -0.15) is 5.26 Å². The molecule has 0 unspecified atom stereocenters. The van der Waals surface area contributed by atoms with Gasteiger partial charge in [0.15, 0.2) is 5.69 Å². The second kappa shape index (κ2) is 5.86. The van der Waals surface area contributed by atoms with E-state index >= 15 is 0 Å². The molecular weight excluding hydrogens is 345 g/mol. The van der Waals surface area contributed by atoms with Crippen LogP contribution in [0.3, 0.4) is 0 Å². The van der Waals surface area contributed by atoms with Crippen LogP contribution < -0.4 is 0 Å². The van der Waals surface area contributed by atoms with Crippen molar-refractivity contribution in [2.24, 2.45) is 0 Å². The molecule has 0 bridgehead atoms. The minimum atomic E-state index is -2.86. The second-order valence-electron chi connectivity index (χ2n) is 2.88. The molecule has 0 aliphatic carbocycles. The molecule has 0 fully saturated rings. The zero-order valence-electron chi connectivity index (χ0n) is 8.71. The van der Waals surface area contributed by atoms with Crippen LogP contribution in [-0.4, -0.2) is 17.6 Å². The summed E-state index contributed by atoms with van der Waals surface area (Å²) in [6.45, 7) is 1.59. The highest BCUT2D eigenvalue weighted by Gasteiger charge is 2.26. The summed E-state index contributed by atoms with van der Waals surface area (Å²) >= 11 is 1.64. The molecule has 17 heavy (non-hydrogen) atoms. The van der Waals surface area contributed by atoms with Crippen LogP contribution in [0, 0.1) is 14.9 Å². The number of nitriles is 1. The zero-order valence-corrected chi connectivity index (χ0v) is 10.9. The summed E-state index contributed by atoms with van der Waals surface area (Å²) in [5.41, 5.74) is -1.30. The molecule has 0 aliphatic heterocycles. The van der Waals surface area contributed by atoms with E-state index in [1.165, 1.54) is 0 Å². The minimum Gasteiger partial charge on any atom is -0.462 e. The quantitative estimate of drug-likeness (QED) is 0.620. The Hall–Kier alpha value is -1.30. The van der Waals surface area contributed by atoms with E-state index in [2.05, 4.69) is 9.72 Å². The number of nitrogens with zero attached hydrogens (tertiary/aromatic N) is 2. The SMILES string of the molecule is CCOC(=O)c1c(C#N)ncc(I)c1C(F)F. The van der Waals surface area contributed by atoms with Gasteiger partial charge in [-0.15, -0.1) is 0 Å². The Morgan fingerprint density at radius 2 is 2.35 bits per heavy atom. The average molecular weight is 352 g/mol. The van der Waals surface area contributed by atoms with Gasteiger partial charge in [-0.05, 0) is 29.5 Å². The van der Waals surface area contributed by atoms with Gasteiger partial charge < -0.3 is 4.74 Å². The molecule has 0 N–H and O–H groups in total. The monoisotopic (exact) mass is 352 g/mol. The van der Waals surface area contributed by atoms with Gasteiger partial charge in [0, 0.05) is 9.77 Å². The highest BCUT2D eigenvalue weighted by atomic mass is 127. The number of ether oxygens (including phenoxy) is 1. The largest absolute Gasteiger partial charge is 0.462 e. The maximum absolute atomic E-state index is 12.9. The number of pyridine rings is 1. The zero-order chi connectivity index (χ0) is 13.0. The first-order valence-electron chi connectivity index (χ1n) is 4.56. The Bertz CT molecular complexity index is 486. The number of carbonyl (C=O) groups is 1. The normalized spacial score (nSPS) is 10.1. The first-order valence-corrected chi connectivity index (χ1v) is 5.64. The van der Waals surface area contributed by atoms with Crippen LogP contribution in [0.4, 0.5) is 8.78 Å². The van der Waals surface area contributed by atoms with Crippen LogP contribution in [0.2, 0.25) is 0 Å². The van der Waals surface area contributed by atoms with E-state index in [0.717, 1.165) is 6.20 Å². The maximum atomic E-state index is 12.9. The van der Waals surface area contributed by atoms with Crippen LogP contribution in [0.25, 0.3) is 0 Å². The Balaban J connectivity index is 3.47. The third kappa shape index (κ3) is 2.88. The third-order valence-corrected chi connectivity index (χ3v) is 2.73. The smallest absolute Gasteiger partial charge is 0.341 e. The predicted molar refractivity (Wildman–Crippen MR) is 62.6 cm³/mol. The molecule has 1 heterocycles. The molecule has 0 amide bonds. The lowest BCUT2D eigenvalue weighted by molar-refractivity contribution is 0.0514. The van der Waals surface area contributed by atoms with Crippen molar-refractivity contribution in [1.82, 2.24) is 4.98 Å². The van der Waals surface area contributed by atoms with Crippen molar-refractivity contribution < 1.29 is 18.3 Å². The number of carbonyl (C=O) groups excluding carboxylic acids is 1. The molecule has 0 spiro atoms. The Morgan fingerprint density at radius 1 is 1.71 bits per heavy atom. The lowest BCUT2D eigenvalue weighted by atomic mass is 10.1. The summed E-state index contributed by atoms with van der Waals surface area (Å²) in [6.07, 6.45) is -1.74. The van der Waals surface area contributed by atoms with Crippen molar-refractivity contribution in [1.29, 1.82) is 5.26 Å². The first kappa shape index (κ1) is 13.8. The topological polar surface area (TPSA) is 63.0 Å². The van der Waals surface area contributed by atoms with E-state index in [4.69, 9.17) is 5.26 Å². The fraction of sp³-hybridized carbons (Fsp3) is 0.300. The summed E-state index contributed by atoms with van der Waals surface area (Å²) in [5.74, 6) is -0.953. The molecule has 0 saturated carbocycles. The van der Waals surface area contributed by atoms with Gasteiger partial charge >= 0.3 is 5.97 Å². The number of aromatic nitrogens is 1. The molecule has 0 aliphatic rings. The van der Waals surface area contributed by atoms with Crippen molar-refractivity contribution in [3.63, 3.8) is 0 Å². The number of alkyl halides is 2. The molecule has 0 atom stereocenters. The Morgan fingerprint density at radius 3 is 2.82 bits per heavy atom. The number of hydrogen-bond acceptors (Lipinski definition) is 4. The standard InChI is InChI=1S/C10H7F2IN2O2/c1-2-17-10(16)8-6(3-14)15-4-5(13)7(8)9(11)12/h4,9H,2H2,1H3. The molecule has 1 aromatic heterocycles. The summed E-state index contributed by atoms with van der Waals surface area (Å²) in [4.78, 5) is 15.2. The lowest BCUT2D eigenvalue weighted by Crippen LogP contribution is -2.13. The molecule has 1 aromatic rings. The van der Waals surface area contributed by atoms with Gasteiger partial charge in [0.2, 0.25) is 0 Å². The summed E-state index contributed by atoms with van der Waals surface area (Å²) in [6, 6.07) is 1.61. The number of rotatable bonds is 3. The van der Waals surface area contributed by atoms with E-state index in [9.17, 15) is 13.6 Å². The molecule has 7 heteroatoms. The summed E-state index contributed by atoms with van der Waals surface area (Å²) < 4.78 is 30.5. The lowest BCUT2D eigenvalue weighted by Gasteiger charge is -2.10. The van der Waals surface area contributed by atoms with Gasteiger partial charge in [-0.1, -0.05) is 0 Å². The highest BCUT2D eigenvalue weighted by Crippen LogP contribution is 2.29. The second-order valence-corrected chi connectivity index (χ2v) is 4.04. The van der Waals surface area contributed by atoms with Crippen LogP contribution in [0.15, 0.2) is 6.20 Å². The number of esters is 1. The van der Waals surface area contributed by atoms with Gasteiger partial charge in [0.25, 0.3) is 6.43 Å². The van der Waals surface area contributed by atoms with Crippen molar-refractivity contribution >= 4 is 28.6 Å². The fourth-order valence-electron chi connectivity index (χ4n) is 1.21. The van der Waals surface area contributed by atoms with E-state index < -0.39 is 23.5 Å². The van der Waals surface area contributed by atoms with Crippen molar-refractivity contribution in [2.45, 2.75) is 13.3 Å². The Kier molecular flexibility index (Phi) is 4.74. The van der Waals surface area contributed by atoms with E-state index in [1.807, 2.05) is 0 Å². The molecule has 1 rings (SSSR count). The van der Waals surface area contributed by atoms with Gasteiger partial charge in [-0.3, -0.25) is 0 Å². The molecule has 90 valence electrons. The number of halogens is 3. The molecule has 0 saturated heterocycles. The van der Waals surface area contributed by atoms with Gasteiger partial charge in [0.05, 0.1) is 12.2 Å². The van der Waals surface area contributed by atoms with E-state index in [1.54, 1.807) is 35.6 Å². The predicted octanol–water partition coefficient (Wildman–Crippen LogP) is 2.67. The average Bonchev–Trinajstić information content (AvgIpc) is 2.28. The summed E-state index contributed by atoms with van der Waals surface area (Å²) in [7, 11) is 0. The fourth-order valence-corrected chi connectivity index (χ4v) is 1.85. The summed E-state index contributed by atoms with van der Waals surface area (Å²) in [5, 5.41) is 8.77. The van der Waals surface area contributed by atoms with Crippen LogP contribution in [0.1, 0.15) is 35.0 Å². The minimum absolute atomic E-state index is 0.0395. The van der Waals surface area contributed by atoms with Crippen LogP contribution >= 0.6 is 22.6 Å². The highest BCUT2D eigenvalue weighted by molar-refractivity contribution is 14.1. The van der Waals surface area contributed by atoms with E-state index in [0.29, 0.717) is 0 Å². The first-order chi connectivity index (χ1) is 8.02. The Labute approximate surface area is 110 Å².